The second-order valence-electron chi connectivity index (χ2n) is 20.6. The molecule has 0 radical (unpaired) electrons. The molecule has 0 aliphatic rings. The number of imidazole rings is 1. The van der Waals surface area contributed by atoms with Crippen molar-refractivity contribution in [2.45, 2.75) is 70.6 Å². The Morgan fingerprint density at radius 1 is 0.622 bits per heavy atom. The van der Waals surface area contributed by atoms with Crippen molar-refractivity contribution in [3.8, 4) is 39.3 Å². The molecule has 0 bridgehead atoms. The number of fused-ring (bicyclic) bond motifs is 7. The minimum atomic E-state index is -2.17. The van der Waals surface area contributed by atoms with E-state index in [-0.39, 0.29) is 31.8 Å². The molecule has 74 heavy (non-hydrogen) atoms. The number of aryl methyl sites for hydroxylation is 4. The van der Waals surface area contributed by atoms with Crippen LogP contribution in [0.2, 0.25) is 17.3 Å². The van der Waals surface area contributed by atoms with Crippen LogP contribution in [-0.4, -0.2) is 22.8 Å². The maximum Gasteiger partial charge on any atom is 3.00 e. The zero-order chi connectivity index (χ0) is 51.6. The van der Waals surface area contributed by atoms with Gasteiger partial charge in [0.25, 0.3) is 0 Å². The number of rotatable bonds is 8. The quantitative estimate of drug-likeness (QED) is 0.0842. The Balaban J connectivity index is 0.000000196. The van der Waals surface area contributed by atoms with Gasteiger partial charge in [-0.25, -0.2) is 0 Å². The van der Waals surface area contributed by atoms with Gasteiger partial charge in [-0.15, -0.1) is 12.1 Å². The van der Waals surface area contributed by atoms with Crippen LogP contribution in [0.4, 0.5) is 4.39 Å². The van der Waals surface area contributed by atoms with Crippen molar-refractivity contribution in [2.75, 3.05) is 0 Å². The Bertz CT molecular complexity index is 4080. The first kappa shape index (κ1) is 49.7. The summed E-state index contributed by atoms with van der Waals surface area (Å²) in [5.41, 5.74) is 15.5. The van der Waals surface area contributed by atoms with Crippen LogP contribution in [0.25, 0.3) is 92.1 Å². The number of benzene rings is 10. The maximum absolute atomic E-state index is 15.6. The summed E-state index contributed by atoms with van der Waals surface area (Å²) in [7, 11) is 0. The molecule has 12 rings (SSSR count). The largest absolute Gasteiger partial charge is 3.00 e. The fourth-order valence-electron chi connectivity index (χ4n) is 10.9. The van der Waals surface area contributed by atoms with E-state index in [0.717, 1.165) is 70.7 Å². The van der Waals surface area contributed by atoms with E-state index in [2.05, 4.69) is 203 Å². The second-order valence-corrected chi connectivity index (χ2v) is 32.2. The van der Waals surface area contributed by atoms with Crippen LogP contribution in [0, 0.1) is 51.7 Å². The van der Waals surface area contributed by atoms with Crippen molar-refractivity contribution < 1.29 is 25.9 Å². The van der Waals surface area contributed by atoms with Crippen molar-refractivity contribution in [3.63, 3.8) is 0 Å². The Morgan fingerprint density at radius 2 is 1.26 bits per heavy atom. The van der Waals surface area contributed by atoms with Gasteiger partial charge in [0.05, 0.1) is 16.9 Å². The van der Waals surface area contributed by atoms with E-state index in [1.807, 2.05) is 48.5 Å². The third-order valence-electron chi connectivity index (χ3n) is 15.0. The molecule has 0 fully saturated rings. The van der Waals surface area contributed by atoms with Crippen LogP contribution in [0.1, 0.15) is 60.4 Å². The molecule has 0 aliphatic heterocycles. The normalized spacial score (nSPS) is 13.1. The van der Waals surface area contributed by atoms with Crippen LogP contribution in [0.15, 0.2) is 176 Å². The summed E-state index contributed by atoms with van der Waals surface area (Å²) < 4.78 is 30.6. The minimum absolute atomic E-state index is 0. The zero-order valence-electron chi connectivity index (χ0n) is 44.3. The van der Waals surface area contributed by atoms with E-state index in [1.54, 1.807) is 11.3 Å². The van der Waals surface area contributed by atoms with Gasteiger partial charge < -0.3 is 4.57 Å². The molecular weight excluding hydrogens is 1160 g/mol. The first-order valence-electron chi connectivity index (χ1n) is 25.7. The van der Waals surface area contributed by atoms with E-state index >= 15 is 4.39 Å². The predicted molar refractivity (Wildman–Crippen MR) is 313 cm³/mol. The molecule has 0 aliphatic carbocycles. The van der Waals surface area contributed by atoms with Crippen molar-refractivity contribution in [1.29, 1.82) is 0 Å². The van der Waals surface area contributed by atoms with E-state index in [9.17, 15) is 1.37 Å². The number of halogens is 1. The van der Waals surface area contributed by atoms with Crippen molar-refractivity contribution in [1.82, 2.24) is 9.55 Å². The molecule has 2 nitrogen and oxygen atoms in total. The van der Waals surface area contributed by atoms with Crippen LogP contribution in [0.3, 0.4) is 0 Å². The van der Waals surface area contributed by atoms with Crippen molar-refractivity contribution >= 4 is 81.7 Å². The van der Waals surface area contributed by atoms with E-state index in [1.165, 1.54) is 59.8 Å². The molecule has 12 aromatic rings. The molecule has 10 aromatic carbocycles. The third-order valence-corrected chi connectivity index (χ3v) is 20.4. The molecule has 2 unspecified atom stereocenters. The molecule has 2 heterocycles. The van der Waals surface area contributed by atoms with Crippen LogP contribution >= 0.6 is 11.3 Å². The number of hydrogen-bond donors (Lipinski definition) is 0. The summed E-state index contributed by atoms with van der Waals surface area (Å²) in [6.45, 7) is 13.0. The fourth-order valence-corrected chi connectivity index (χ4v) is 15.4. The Morgan fingerprint density at radius 3 is 1.95 bits per heavy atom. The SMILES string of the molecule is Cc1cc(-c2ccccc2)cc(C)c1-n1c(-c2[c-]cc(F)c3c2sc2ccccc23)nc2cc3c(cc21)c(C)c(C)c1ccccc13.[2H]C(C)(c1cc(-c2[c-]cccc2)[c-]c[c]1[Ge]([CH3])([CH3])[CH3])C(C)c1ccccc1.[Ir+3]. The summed E-state index contributed by atoms with van der Waals surface area (Å²) in [5, 5.41) is 6.45. The second kappa shape index (κ2) is 20.7. The molecule has 0 amide bonds. The van der Waals surface area contributed by atoms with Gasteiger partial charge in [-0.1, -0.05) is 78.4 Å². The molecule has 2 atom stereocenters. The molecular formula is C68H58FGeIrN2S. The number of nitrogens with zero attached hydrogens (tertiary/aromatic N) is 2. The summed E-state index contributed by atoms with van der Waals surface area (Å²) in [6.07, 6.45) is 0. The number of thiophene rings is 1. The van der Waals surface area contributed by atoms with E-state index in [4.69, 9.17) is 4.98 Å². The third kappa shape index (κ3) is 9.28. The van der Waals surface area contributed by atoms with Gasteiger partial charge in [0, 0.05) is 16.2 Å². The van der Waals surface area contributed by atoms with Crippen LogP contribution in [0.5, 0.6) is 0 Å². The van der Waals surface area contributed by atoms with Gasteiger partial charge in [-0.3, -0.25) is 9.37 Å². The van der Waals surface area contributed by atoms with Gasteiger partial charge in [-0.05, 0) is 128 Å². The molecule has 0 saturated carbocycles. The Hall–Kier alpha value is -6.47. The Kier molecular flexibility index (Phi) is 13.9. The van der Waals surface area contributed by atoms with Gasteiger partial charge in [-0.2, -0.15) is 11.3 Å². The molecule has 2 aromatic heterocycles. The summed E-state index contributed by atoms with van der Waals surface area (Å²) in [5.74, 6) is 7.07. The first-order valence-corrected chi connectivity index (χ1v) is 33.4. The minimum Gasteiger partial charge on any atom is 3.00 e. The van der Waals surface area contributed by atoms with Crippen molar-refractivity contribution in [3.05, 3.63) is 233 Å². The van der Waals surface area contributed by atoms with E-state index < -0.39 is 19.2 Å². The average molecular weight is 1220 g/mol. The van der Waals surface area contributed by atoms with E-state index in [0.29, 0.717) is 5.39 Å². The van der Waals surface area contributed by atoms with Crippen LogP contribution < -0.4 is 4.40 Å². The smallest absolute Gasteiger partial charge is 3.00 e. The van der Waals surface area contributed by atoms with Gasteiger partial charge in [0.15, 0.2) is 0 Å². The summed E-state index contributed by atoms with van der Waals surface area (Å²) in [4.78, 5) is 5.40. The molecule has 0 N–H and O–H groups in total. The topological polar surface area (TPSA) is 17.8 Å². The summed E-state index contributed by atoms with van der Waals surface area (Å²) >= 11 is -0.565. The maximum atomic E-state index is 15.6. The number of aromatic nitrogens is 2. The Labute approximate surface area is 457 Å². The summed E-state index contributed by atoms with van der Waals surface area (Å²) in [6, 6.07) is 70.7. The fraction of sp³-hybridized carbons (Fsp3) is 0.162. The standard InChI is InChI=1S/C43H30FN2S.C25H28Ge.Ir/c1-24-20-29(28-12-6-5-7-13-28)21-25(2)41(24)46-38-23-34-27(4)26(3)30-14-8-9-15-31(30)35(34)22-37(38)45-43(46)33-18-19-36(44)40-32-16-10-11-17-39(32)47-42(33)40;1-19(21-12-8-6-9-13-21)20(2)24-18-23(22-14-10-7-11-15-22)16-17-25(24)26(3,4)5;/h5-17,19-23H,1-4H3;6-14,17-20H,1-5H3;/q-1;-2;+3/i;20D;. The predicted octanol–water partition coefficient (Wildman–Crippen LogP) is 18.6. The number of hydrogen-bond acceptors (Lipinski definition) is 2. The molecule has 0 spiro atoms. The monoisotopic (exact) mass is 1220 g/mol. The van der Waals surface area contributed by atoms with Gasteiger partial charge >= 0.3 is 183 Å². The average Bonchev–Trinajstić information content (AvgIpc) is 3.99. The molecule has 0 saturated heterocycles. The van der Waals surface area contributed by atoms with Crippen molar-refractivity contribution in [2.24, 2.45) is 0 Å². The zero-order valence-corrected chi connectivity index (χ0v) is 48.6. The molecule has 6 heteroatoms. The first-order chi connectivity index (χ1) is 35.6. The van der Waals surface area contributed by atoms with Gasteiger partial charge in [0.1, 0.15) is 0 Å². The molecule has 366 valence electrons. The van der Waals surface area contributed by atoms with Crippen LogP contribution in [-0.2, 0) is 20.1 Å². The van der Waals surface area contributed by atoms with Gasteiger partial charge in [0.2, 0.25) is 0 Å².